The summed E-state index contributed by atoms with van der Waals surface area (Å²) < 4.78 is 12.8. The van der Waals surface area contributed by atoms with Gasteiger partial charge < -0.3 is 29.7 Å². The quantitative estimate of drug-likeness (QED) is 0.0649. The van der Waals surface area contributed by atoms with Crippen LogP contribution in [0.5, 0.6) is 11.5 Å². The molecule has 1 amide bonds. The topological polar surface area (TPSA) is 133 Å². The number of fused-ring (bicyclic) bond motifs is 1. The number of amides is 1. The molecule has 0 saturated heterocycles. The van der Waals surface area contributed by atoms with Gasteiger partial charge in [-0.05, 0) is 72.9 Å². The second-order valence-electron chi connectivity index (χ2n) is 13.1. The van der Waals surface area contributed by atoms with Crippen molar-refractivity contribution in [3.63, 3.8) is 0 Å². The Labute approximate surface area is 272 Å². The van der Waals surface area contributed by atoms with Crippen LogP contribution in [0.25, 0.3) is 22.0 Å². The summed E-state index contributed by atoms with van der Waals surface area (Å²) in [4.78, 5) is 26.1. The number of hydrogen-bond donors (Lipinski definition) is 5. The van der Waals surface area contributed by atoms with E-state index in [0.717, 1.165) is 54.3 Å². The number of phenols is 1. The summed E-state index contributed by atoms with van der Waals surface area (Å²) in [6.07, 6.45) is 2.56. The number of aromatic hydroxyl groups is 1. The first kappa shape index (κ1) is 34.7. The number of pyridine rings is 1. The van der Waals surface area contributed by atoms with Gasteiger partial charge in [0.15, 0.2) is 8.32 Å². The van der Waals surface area contributed by atoms with E-state index in [-0.39, 0.29) is 22.5 Å². The number of nitrogens with one attached hydrogen (secondary N) is 3. The van der Waals surface area contributed by atoms with Crippen molar-refractivity contribution in [3.05, 3.63) is 88.7 Å². The summed E-state index contributed by atoms with van der Waals surface area (Å²) in [5.41, 5.74) is 3.33. The monoisotopic (exact) mass is 645 g/mol. The number of ether oxygens (including phenoxy) is 1. The number of carboxylic acid groups (broad SMARTS) is 1. The maximum Gasteiger partial charge on any atom is 0.409 e. The summed E-state index contributed by atoms with van der Waals surface area (Å²) in [6, 6.07) is 21.9. The predicted molar refractivity (Wildman–Crippen MR) is 188 cm³/mol. The van der Waals surface area contributed by atoms with E-state index in [4.69, 9.17) is 9.16 Å². The maximum atomic E-state index is 12.0. The molecular weight excluding hydrogens is 598 g/mol. The number of aromatic nitrogens is 1. The van der Waals surface area contributed by atoms with Crippen LogP contribution < -0.4 is 20.9 Å². The minimum Gasteiger partial charge on any atom is -0.506 e. The molecule has 0 fully saturated rings. The van der Waals surface area contributed by atoms with Gasteiger partial charge in [-0.15, -0.1) is 0 Å². The zero-order valence-corrected chi connectivity index (χ0v) is 28.5. The Bertz CT molecular complexity index is 1670. The van der Waals surface area contributed by atoms with Crippen molar-refractivity contribution in [1.29, 1.82) is 0 Å². The number of unbranched alkanes of at least 4 members (excludes halogenated alkanes) is 3. The molecule has 0 aliphatic heterocycles. The van der Waals surface area contributed by atoms with Crippen molar-refractivity contribution >= 4 is 31.0 Å². The highest BCUT2D eigenvalue weighted by molar-refractivity contribution is 6.74. The molecule has 1 aromatic heterocycles. The zero-order valence-electron chi connectivity index (χ0n) is 27.5. The number of H-pyrrole nitrogens is 1. The second kappa shape index (κ2) is 15.4. The molecule has 5 N–H and O–H groups in total. The van der Waals surface area contributed by atoms with Gasteiger partial charge in [-0.2, -0.15) is 0 Å². The van der Waals surface area contributed by atoms with Crippen molar-refractivity contribution in [1.82, 2.24) is 10.3 Å². The summed E-state index contributed by atoms with van der Waals surface area (Å²) >= 11 is 0. The summed E-state index contributed by atoms with van der Waals surface area (Å²) in [5.74, 6) is 0.671. The van der Waals surface area contributed by atoms with Crippen molar-refractivity contribution in [2.24, 2.45) is 0 Å². The molecule has 0 saturated carbocycles. The van der Waals surface area contributed by atoms with Crippen LogP contribution in [0.2, 0.25) is 18.1 Å². The fourth-order valence-corrected chi connectivity index (χ4v) is 6.39. The summed E-state index contributed by atoms with van der Waals surface area (Å²) in [6.45, 7) is 13.1. The van der Waals surface area contributed by atoms with E-state index in [2.05, 4.69) is 49.5 Å². The maximum absolute atomic E-state index is 12.0. The van der Waals surface area contributed by atoms with Gasteiger partial charge in [-0.3, -0.25) is 10.1 Å². The Morgan fingerprint density at radius 3 is 2.41 bits per heavy atom. The average molecular weight is 646 g/mol. The van der Waals surface area contributed by atoms with Gasteiger partial charge in [-0.1, -0.05) is 70.0 Å². The van der Waals surface area contributed by atoms with Gasteiger partial charge in [-0.25, -0.2) is 4.79 Å². The fraction of sp³-hybridized carbons (Fsp3) is 0.389. The van der Waals surface area contributed by atoms with Crippen LogP contribution in [0.1, 0.15) is 58.1 Å². The molecule has 1 atom stereocenters. The van der Waals surface area contributed by atoms with Crippen LogP contribution in [-0.4, -0.2) is 49.3 Å². The molecule has 9 nitrogen and oxygen atoms in total. The van der Waals surface area contributed by atoms with Gasteiger partial charge in [0, 0.05) is 29.6 Å². The second-order valence-corrected chi connectivity index (χ2v) is 17.9. The third kappa shape index (κ3) is 9.21. The SMILES string of the molecule is CC(C)(C)[Si](C)(C)OC(CNCCCCCCOc1ccc(-c2ccccc2)c(NC(=O)O)c1)c1ccc(O)c2[nH]c(=O)ccc12. The van der Waals surface area contributed by atoms with Crippen LogP contribution in [0.15, 0.2) is 77.6 Å². The van der Waals surface area contributed by atoms with Gasteiger partial charge in [0.1, 0.15) is 11.5 Å². The van der Waals surface area contributed by atoms with E-state index in [1.807, 2.05) is 48.5 Å². The number of anilines is 1. The van der Waals surface area contributed by atoms with E-state index in [0.29, 0.717) is 30.1 Å². The summed E-state index contributed by atoms with van der Waals surface area (Å²) in [7, 11) is -2.13. The first-order valence-electron chi connectivity index (χ1n) is 15.9. The van der Waals surface area contributed by atoms with Crippen LogP contribution in [-0.2, 0) is 4.43 Å². The predicted octanol–water partition coefficient (Wildman–Crippen LogP) is 8.28. The number of carbonyl (C=O) groups is 1. The van der Waals surface area contributed by atoms with Crippen molar-refractivity contribution in [3.8, 4) is 22.6 Å². The normalized spacial score (nSPS) is 12.6. The standard InChI is InChI=1S/C36H47N3O6Si/c1-36(2,3)46(4,5)45-32(28-17-19-31(40)34-29(28)18-20-33(41)39-34)24-37-21-11-6-7-12-22-44-26-15-16-27(25-13-9-8-10-14-25)30(23-26)38-35(42)43/h8-10,13-20,23,32,37-38,40H,6-7,11-12,21-22,24H2,1-5H3,(H,39,41)(H,42,43). The molecule has 46 heavy (non-hydrogen) atoms. The number of phenolic OH excluding ortho intramolecular Hbond substituents is 1. The molecule has 1 heterocycles. The number of rotatable bonds is 15. The van der Waals surface area contributed by atoms with E-state index in [1.54, 1.807) is 18.2 Å². The molecule has 3 aromatic carbocycles. The Hall–Kier alpha value is -4.12. The number of benzene rings is 3. The average Bonchev–Trinajstić information content (AvgIpc) is 3.00. The molecule has 4 aromatic rings. The van der Waals surface area contributed by atoms with Gasteiger partial charge in [0.2, 0.25) is 5.56 Å². The molecule has 246 valence electrons. The largest absolute Gasteiger partial charge is 0.506 e. The molecular formula is C36H47N3O6Si. The number of hydrogen-bond acceptors (Lipinski definition) is 6. The molecule has 0 bridgehead atoms. The Morgan fingerprint density at radius 1 is 0.957 bits per heavy atom. The molecule has 1 unspecified atom stereocenters. The zero-order chi connectivity index (χ0) is 33.3. The highest BCUT2D eigenvalue weighted by Gasteiger charge is 2.39. The van der Waals surface area contributed by atoms with Crippen molar-refractivity contribution < 1.29 is 24.2 Å². The molecule has 0 aliphatic rings. The third-order valence-electron chi connectivity index (χ3n) is 8.66. The van der Waals surface area contributed by atoms with Crippen LogP contribution >= 0.6 is 0 Å². The highest BCUT2D eigenvalue weighted by Crippen LogP contribution is 2.41. The van der Waals surface area contributed by atoms with Gasteiger partial charge >= 0.3 is 6.09 Å². The lowest BCUT2D eigenvalue weighted by Gasteiger charge is -2.39. The van der Waals surface area contributed by atoms with Gasteiger partial charge in [0.25, 0.3) is 0 Å². The third-order valence-corrected chi connectivity index (χ3v) is 13.1. The molecule has 4 rings (SSSR count). The lowest BCUT2D eigenvalue weighted by molar-refractivity contribution is 0.181. The molecule has 0 radical (unpaired) electrons. The van der Waals surface area contributed by atoms with E-state index in [1.165, 1.54) is 6.07 Å². The minimum absolute atomic E-state index is 0.0205. The van der Waals surface area contributed by atoms with Crippen molar-refractivity contribution in [2.75, 3.05) is 25.0 Å². The van der Waals surface area contributed by atoms with E-state index >= 15 is 0 Å². The highest BCUT2D eigenvalue weighted by atomic mass is 28.4. The lowest BCUT2D eigenvalue weighted by Crippen LogP contribution is -2.43. The van der Waals surface area contributed by atoms with Crippen LogP contribution in [0.3, 0.4) is 0 Å². The van der Waals surface area contributed by atoms with Crippen LogP contribution in [0, 0.1) is 0 Å². The minimum atomic E-state index is -2.13. The van der Waals surface area contributed by atoms with Crippen LogP contribution in [0.4, 0.5) is 10.5 Å². The smallest absolute Gasteiger partial charge is 0.409 e. The first-order chi connectivity index (χ1) is 21.9. The number of aromatic amines is 1. The van der Waals surface area contributed by atoms with Gasteiger partial charge in [0.05, 0.1) is 23.9 Å². The Kier molecular flexibility index (Phi) is 11.7. The molecule has 10 heteroatoms. The fourth-order valence-electron chi connectivity index (χ4n) is 5.12. The Morgan fingerprint density at radius 2 is 1.70 bits per heavy atom. The summed E-state index contributed by atoms with van der Waals surface area (Å²) in [5, 5.41) is 26.6. The van der Waals surface area contributed by atoms with Crippen molar-refractivity contribution in [2.45, 2.75) is 70.7 Å². The van der Waals surface area contributed by atoms with E-state index in [9.17, 15) is 19.8 Å². The van der Waals surface area contributed by atoms with E-state index < -0.39 is 14.4 Å². The lowest BCUT2D eigenvalue weighted by atomic mass is 10.0. The molecule has 0 aliphatic carbocycles. The first-order valence-corrected chi connectivity index (χ1v) is 18.8. The Balaban J connectivity index is 1.28. The molecule has 0 spiro atoms.